The summed E-state index contributed by atoms with van der Waals surface area (Å²) in [5, 5.41) is 11.8. The average Bonchev–Trinajstić information content (AvgIpc) is 2.99. The van der Waals surface area contributed by atoms with Gasteiger partial charge >= 0.3 is 0 Å². The minimum atomic E-state index is -0.0975. The number of nitrogens with zero attached hydrogens (tertiary/aromatic N) is 5. The first kappa shape index (κ1) is 13.0. The Bertz CT molecular complexity index is 495. The average molecular weight is 270 g/mol. The molecule has 0 N–H and O–H groups in total. The van der Waals surface area contributed by atoms with E-state index in [1.165, 1.54) is 0 Å². The van der Waals surface area contributed by atoms with Crippen LogP contribution in [0.15, 0.2) is 10.7 Å². The van der Waals surface area contributed by atoms with E-state index in [0.717, 1.165) is 25.0 Å². The van der Waals surface area contributed by atoms with Gasteiger partial charge in [-0.05, 0) is 12.8 Å². The highest BCUT2D eigenvalue weighted by Crippen LogP contribution is 2.20. The molecule has 7 heteroatoms. The van der Waals surface area contributed by atoms with Gasteiger partial charge in [-0.1, -0.05) is 24.2 Å². The highest BCUT2D eigenvalue weighted by Gasteiger charge is 2.12. The second-order valence-electron chi connectivity index (χ2n) is 4.07. The van der Waals surface area contributed by atoms with Gasteiger partial charge in [-0.3, -0.25) is 0 Å². The Labute approximate surface area is 110 Å². The molecule has 0 fully saturated rings. The fraction of sp³-hybridized carbons (Fsp3) is 0.636. The summed E-state index contributed by atoms with van der Waals surface area (Å²) in [6.07, 6.45) is 4.43. The first-order valence-corrected chi connectivity index (χ1v) is 6.52. The van der Waals surface area contributed by atoms with Crippen LogP contribution < -0.4 is 0 Å². The zero-order valence-corrected chi connectivity index (χ0v) is 11.3. The van der Waals surface area contributed by atoms with Crippen molar-refractivity contribution in [2.45, 2.75) is 45.0 Å². The Hall–Kier alpha value is -1.43. The molecule has 1 atom stereocenters. The van der Waals surface area contributed by atoms with Gasteiger partial charge in [0.2, 0.25) is 5.89 Å². The standard InChI is InChI=1S/C11H16ClN5O/c1-3-5-11-13-10(15-18-11)7-17-6-9(14-16-17)8(12)4-2/h6,8H,3-5,7H2,1-2H3. The maximum atomic E-state index is 6.09. The second kappa shape index (κ2) is 5.95. The highest BCUT2D eigenvalue weighted by atomic mass is 35.5. The van der Waals surface area contributed by atoms with Gasteiger partial charge in [-0.25, -0.2) is 4.68 Å². The van der Waals surface area contributed by atoms with Crippen LogP contribution in [0.2, 0.25) is 0 Å². The van der Waals surface area contributed by atoms with Crippen LogP contribution in [0.1, 0.15) is 49.5 Å². The topological polar surface area (TPSA) is 69.6 Å². The minimum Gasteiger partial charge on any atom is -0.339 e. The summed E-state index contributed by atoms with van der Waals surface area (Å²) in [6, 6.07) is 0. The molecule has 0 saturated heterocycles. The molecule has 0 aliphatic carbocycles. The third-order valence-electron chi connectivity index (χ3n) is 2.51. The van der Waals surface area contributed by atoms with Crippen LogP contribution in [0, 0.1) is 0 Å². The molecule has 0 radical (unpaired) electrons. The van der Waals surface area contributed by atoms with E-state index in [1.807, 2.05) is 13.1 Å². The molecular weight excluding hydrogens is 254 g/mol. The quantitative estimate of drug-likeness (QED) is 0.753. The van der Waals surface area contributed by atoms with Crippen molar-refractivity contribution in [3.63, 3.8) is 0 Å². The molecule has 2 aromatic heterocycles. The number of aromatic nitrogens is 5. The normalized spacial score (nSPS) is 12.8. The van der Waals surface area contributed by atoms with Gasteiger partial charge in [-0.2, -0.15) is 4.98 Å². The van der Waals surface area contributed by atoms with Crippen LogP contribution in [0.3, 0.4) is 0 Å². The molecule has 98 valence electrons. The van der Waals surface area contributed by atoms with Crippen molar-refractivity contribution in [2.75, 3.05) is 0 Å². The molecule has 18 heavy (non-hydrogen) atoms. The number of rotatable bonds is 6. The third kappa shape index (κ3) is 3.07. The van der Waals surface area contributed by atoms with Gasteiger partial charge in [0.05, 0.1) is 11.6 Å². The SMILES string of the molecule is CCCc1nc(Cn2cc(C(Cl)CC)nn2)no1. The lowest BCUT2D eigenvalue weighted by Gasteiger charge is -1.98. The van der Waals surface area contributed by atoms with Crippen molar-refractivity contribution in [1.29, 1.82) is 0 Å². The van der Waals surface area contributed by atoms with Crippen LogP contribution in [0.5, 0.6) is 0 Å². The molecule has 0 aromatic carbocycles. The van der Waals surface area contributed by atoms with Crippen molar-refractivity contribution in [1.82, 2.24) is 25.1 Å². The van der Waals surface area contributed by atoms with Gasteiger partial charge in [-0.15, -0.1) is 16.7 Å². The highest BCUT2D eigenvalue weighted by molar-refractivity contribution is 6.20. The Morgan fingerprint density at radius 3 is 3.00 bits per heavy atom. The summed E-state index contributed by atoms with van der Waals surface area (Å²) in [5.74, 6) is 1.27. The van der Waals surface area contributed by atoms with Crippen LogP contribution in [0.25, 0.3) is 0 Å². The fourth-order valence-electron chi connectivity index (χ4n) is 1.56. The molecule has 2 aromatic rings. The van der Waals surface area contributed by atoms with Crippen molar-refractivity contribution in [2.24, 2.45) is 0 Å². The summed E-state index contributed by atoms with van der Waals surface area (Å²) in [4.78, 5) is 4.27. The molecule has 0 spiro atoms. The minimum absolute atomic E-state index is 0.0975. The zero-order chi connectivity index (χ0) is 13.0. The van der Waals surface area contributed by atoms with Gasteiger partial charge in [0, 0.05) is 6.42 Å². The largest absolute Gasteiger partial charge is 0.339 e. The van der Waals surface area contributed by atoms with E-state index in [-0.39, 0.29) is 5.38 Å². The number of hydrogen-bond donors (Lipinski definition) is 0. The maximum Gasteiger partial charge on any atom is 0.226 e. The molecule has 0 aliphatic heterocycles. The Kier molecular flexibility index (Phi) is 4.30. The first-order chi connectivity index (χ1) is 8.72. The van der Waals surface area contributed by atoms with Crippen molar-refractivity contribution >= 4 is 11.6 Å². The molecule has 0 saturated carbocycles. The summed E-state index contributed by atoms with van der Waals surface area (Å²) < 4.78 is 6.77. The molecule has 0 amide bonds. The molecule has 0 aliphatic rings. The number of hydrogen-bond acceptors (Lipinski definition) is 5. The summed E-state index contributed by atoms with van der Waals surface area (Å²) >= 11 is 6.09. The number of halogens is 1. The first-order valence-electron chi connectivity index (χ1n) is 6.08. The predicted molar refractivity (Wildman–Crippen MR) is 66.3 cm³/mol. The van der Waals surface area contributed by atoms with E-state index in [9.17, 15) is 0 Å². The lowest BCUT2D eigenvalue weighted by atomic mass is 10.3. The van der Waals surface area contributed by atoms with Crippen LogP contribution >= 0.6 is 11.6 Å². The smallest absolute Gasteiger partial charge is 0.226 e. The van der Waals surface area contributed by atoms with Crippen molar-refractivity contribution < 1.29 is 4.52 Å². The third-order valence-corrected chi connectivity index (χ3v) is 3.05. The number of aryl methyl sites for hydroxylation is 1. The van der Waals surface area contributed by atoms with Crippen molar-refractivity contribution in [3.05, 3.63) is 23.6 Å². The van der Waals surface area contributed by atoms with E-state index in [0.29, 0.717) is 18.3 Å². The Morgan fingerprint density at radius 2 is 2.28 bits per heavy atom. The monoisotopic (exact) mass is 269 g/mol. The molecule has 2 rings (SSSR count). The fourth-order valence-corrected chi connectivity index (χ4v) is 1.66. The van der Waals surface area contributed by atoms with E-state index in [2.05, 4.69) is 27.4 Å². The Morgan fingerprint density at radius 1 is 1.44 bits per heavy atom. The molecular formula is C11H16ClN5O. The van der Waals surface area contributed by atoms with Gasteiger partial charge in [0.15, 0.2) is 5.82 Å². The molecule has 2 heterocycles. The van der Waals surface area contributed by atoms with E-state index >= 15 is 0 Å². The lowest BCUT2D eigenvalue weighted by molar-refractivity contribution is 0.370. The zero-order valence-electron chi connectivity index (χ0n) is 10.5. The van der Waals surface area contributed by atoms with E-state index < -0.39 is 0 Å². The van der Waals surface area contributed by atoms with Gasteiger partial charge < -0.3 is 4.52 Å². The summed E-state index contributed by atoms with van der Waals surface area (Å²) in [5.41, 5.74) is 0.774. The molecule has 6 nitrogen and oxygen atoms in total. The summed E-state index contributed by atoms with van der Waals surface area (Å²) in [7, 11) is 0. The maximum absolute atomic E-state index is 6.09. The lowest BCUT2D eigenvalue weighted by Crippen LogP contribution is -2.02. The van der Waals surface area contributed by atoms with Crippen LogP contribution in [0.4, 0.5) is 0 Å². The summed E-state index contributed by atoms with van der Waals surface area (Å²) in [6.45, 7) is 4.53. The van der Waals surface area contributed by atoms with Gasteiger partial charge in [0.25, 0.3) is 0 Å². The van der Waals surface area contributed by atoms with E-state index in [4.69, 9.17) is 16.1 Å². The van der Waals surface area contributed by atoms with Crippen LogP contribution in [-0.4, -0.2) is 25.1 Å². The van der Waals surface area contributed by atoms with Crippen molar-refractivity contribution in [3.8, 4) is 0 Å². The predicted octanol–water partition coefficient (Wildman–Crippen LogP) is 2.35. The Balaban J connectivity index is 2.01. The molecule has 0 bridgehead atoms. The molecule has 1 unspecified atom stereocenters. The van der Waals surface area contributed by atoms with Crippen LogP contribution in [-0.2, 0) is 13.0 Å². The second-order valence-corrected chi connectivity index (χ2v) is 4.60. The number of alkyl halides is 1. The van der Waals surface area contributed by atoms with E-state index in [1.54, 1.807) is 4.68 Å². The van der Waals surface area contributed by atoms with Gasteiger partial charge in [0.1, 0.15) is 12.2 Å².